The van der Waals surface area contributed by atoms with Gasteiger partial charge in [0, 0.05) is 31.2 Å². The molecular weight excluding hydrogens is 392 g/mol. The van der Waals surface area contributed by atoms with Gasteiger partial charge in [-0.3, -0.25) is 4.79 Å². The van der Waals surface area contributed by atoms with E-state index in [9.17, 15) is 18.4 Å². The lowest BCUT2D eigenvalue weighted by Gasteiger charge is -2.31. The molecule has 1 aliphatic heterocycles. The Morgan fingerprint density at radius 2 is 1.70 bits per heavy atom. The summed E-state index contributed by atoms with van der Waals surface area (Å²) in [6.45, 7) is -1.32. The third kappa shape index (κ3) is 6.43. The largest absolute Gasteiger partial charge is 0.435 e. The van der Waals surface area contributed by atoms with Crippen molar-refractivity contribution in [3.63, 3.8) is 0 Å². The normalized spacial score (nSPS) is 14.4. The second-order valence-electron chi connectivity index (χ2n) is 7.12. The Morgan fingerprint density at radius 1 is 1.03 bits per heavy atom. The van der Waals surface area contributed by atoms with E-state index >= 15 is 0 Å². The predicted molar refractivity (Wildman–Crippen MR) is 110 cm³/mol. The SMILES string of the molecule is O=C(NCCc1ccc(OC(F)F)cc1)C1CCN(C(=O)Nc2ccccc2)CC1. The van der Waals surface area contributed by atoms with Crippen LogP contribution in [0.1, 0.15) is 18.4 Å². The number of para-hydroxylation sites is 1. The maximum atomic E-state index is 12.4. The zero-order valence-electron chi connectivity index (χ0n) is 16.5. The maximum Gasteiger partial charge on any atom is 0.387 e. The van der Waals surface area contributed by atoms with Crippen molar-refractivity contribution in [2.24, 2.45) is 5.92 Å². The number of benzene rings is 2. The number of carbonyl (C=O) groups excluding carboxylic acids is 2. The van der Waals surface area contributed by atoms with Crippen LogP contribution in [0.5, 0.6) is 5.75 Å². The molecule has 0 aliphatic carbocycles. The Balaban J connectivity index is 1.36. The number of halogens is 2. The van der Waals surface area contributed by atoms with Gasteiger partial charge in [0.2, 0.25) is 5.91 Å². The van der Waals surface area contributed by atoms with Gasteiger partial charge in [0.1, 0.15) is 5.75 Å². The molecule has 0 saturated carbocycles. The third-order valence-electron chi connectivity index (χ3n) is 5.04. The number of nitrogens with one attached hydrogen (secondary N) is 2. The summed E-state index contributed by atoms with van der Waals surface area (Å²) in [6.07, 6.45) is 1.83. The molecule has 0 aromatic heterocycles. The molecule has 1 saturated heterocycles. The van der Waals surface area contributed by atoms with Crippen LogP contribution in [-0.2, 0) is 11.2 Å². The Kier molecular flexibility index (Phi) is 7.59. The van der Waals surface area contributed by atoms with Gasteiger partial charge in [-0.2, -0.15) is 8.78 Å². The number of ether oxygens (including phenoxy) is 1. The molecule has 2 N–H and O–H groups in total. The topological polar surface area (TPSA) is 70.7 Å². The molecule has 2 aromatic rings. The number of anilines is 1. The highest BCUT2D eigenvalue weighted by Gasteiger charge is 2.27. The molecule has 3 amide bonds. The highest BCUT2D eigenvalue weighted by molar-refractivity contribution is 5.89. The summed E-state index contributed by atoms with van der Waals surface area (Å²) in [5, 5.41) is 5.78. The lowest BCUT2D eigenvalue weighted by atomic mass is 9.96. The Bertz CT molecular complexity index is 823. The number of hydrogen-bond acceptors (Lipinski definition) is 3. The number of nitrogens with zero attached hydrogens (tertiary/aromatic N) is 1. The van der Waals surface area contributed by atoms with Crippen LogP contribution < -0.4 is 15.4 Å². The molecule has 0 unspecified atom stereocenters. The summed E-state index contributed by atoms with van der Waals surface area (Å²) in [6, 6.07) is 15.5. The number of likely N-dealkylation sites (tertiary alicyclic amines) is 1. The van der Waals surface area contributed by atoms with E-state index in [1.54, 1.807) is 17.0 Å². The fourth-order valence-corrected chi connectivity index (χ4v) is 3.38. The fourth-order valence-electron chi connectivity index (χ4n) is 3.38. The predicted octanol–water partition coefficient (Wildman–Crippen LogP) is 3.89. The van der Waals surface area contributed by atoms with Gasteiger partial charge in [-0.05, 0) is 49.1 Å². The van der Waals surface area contributed by atoms with Crippen molar-refractivity contribution in [2.45, 2.75) is 25.9 Å². The zero-order chi connectivity index (χ0) is 21.3. The number of hydrogen-bond donors (Lipinski definition) is 2. The van der Waals surface area contributed by atoms with Crippen molar-refractivity contribution in [1.82, 2.24) is 10.2 Å². The highest BCUT2D eigenvalue weighted by Crippen LogP contribution is 2.19. The molecule has 1 fully saturated rings. The quantitative estimate of drug-likeness (QED) is 0.718. The molecule has 8 heteroatoms. The second-order valence-corrected chi connectivity index (χ2v) is 7.12. The fraction of sp³-hybridized carbons (Fsp3) is 0.364. The van der Waals surface area contributed by atoms with Gasteiger partial charge in [-0.1, -0.05) is 30.3 Å². The van der Waals surface area contributed by atoms with Crippen molar-refractivity contribution in [1.29, 1.82) is 0 Å². The second kappa shape index (κ2) is 10.6. The average molecular weight is 417 g/mol. The molecule has 0 radical (unpaired) electrons. The van der Waals surface area contributed by atoms with E-state index in [1.807, 2.05) is 30.3 Å². The molecule has 0 spiro atoms. The molecule has 0 atom stereocenters. The van der Waals surface area contributed by atoms with Crippen LogP contribution >= 0.6 is 0 Å². The maximum absolute atomic E-state index is 12.4. The standard InChI is InChI=1S/C22H25F2N3O3/c23-21(24)30-19-8-6-16(7-9-19)10-13-25-20(28)17-11-14-27(15-12-17)22(29)26-18-4-2-1-3-5-18/h1-9,17,21H,10-15H2,(H,25,28)(H,26,29). The van der Waals surface area contributed by atoms with Crippen LogP contribution in [0, 0.1) is 5.92 Å². The molecular formula is C22H25F2N3O3. The third-order valence-corrected chi connectivity index (χ3v) is 5.04. The summed E-state index contributed by atoms with van der Waals surface area (Å²) >= 11 is 0. The van der Waals surface area contributed by atoms with Gasteiger partial charge in [-0.25, -0.2) is 4.79 Å². The van der Waals surface area contributed by atoms with E-state index < -0.39 is 6.61 Å². The Morgan fingerprint density at radius 3 is 2.33 bits per heavy atom. The minimum absolute atomic E-state index is 0.0178. The van der Waals surface area contributed by atoms with Gasteiger partial charge >= 0.3 is 12.6 Å². The Labute approximate surface area is 174 Å². The van der Waals surface area contributed by atoms with Gasteiger partial charge in [0.25, 0.3) is 0 Å². The van der Waals surface area contributed by atoms with Crippen molar-refractivity contribution >= 4 is 17.6 Å². The average Bonchev–Trinajstić information content (AvgIpc) is 2.75. The van der Waals surface area contributed by atoms with Gasteiger partial charge in [0.05, 0.1) is 0 Å². The van der Waals surface area contributed by atoms with Gasteiger partial charge in [-0.15, -0.1) is 0 Å². The van der Waals surface area contributed by atoms with E-state index in [4.69, 9.17) is 0 Å². The van der Waals surface area contributed by atoms with Crippen molar-refractivity contribution in [3.05, 3.63) is 60.2 Å². The van der Waals surface area contributed by atoms with E-state index in [2.05, 4.69) is 15.4 Å². The molecule has 0 bridgehead atoms. The Hall–Kier alpha value is -3.16. The number of piperidine rings is 1. The smallest absolute Gasteiger partial charge is 0.387 e. The van der Waals surface area contributed by atoms with E-state index in [1.165, 1.54) is 12.1 Å². The number of carbonyl (C=O) groups is 2. The van der Waals surface area contributed by atoms with E-state index in [0.29, 0.717) is 38.9 Å². The molecule has 3 rings (SSSR count). The van der Waals surface area contributed by atoms with Gasteiger partial charge < -0.3 is 20.3 Å². The van der Waals surface area contributed by atoms with E-state index in [0.717, 1.165) is 11.3 Å². The molecule has 2 aromatic carbocycles. The summed E-state index contributed by atoms with van der Waals surface area (Å²) in [5.74, 6) is -0.0239. The summed E-state index contributed by atoms with van der Waals surface area (Å²) in [7, 11) is 0. The molecule has 1 aliphatic rings. The van der Waals surface area contributed by atoms with Crippen molar-refractivity contribution in [3.8, 4) is 5.75 Å². The van der Waals surface area contributed by atoms with Crippen molar-refractivity contribution in [2.75, 3.05) is 25.0 Å². The number of amides is 3. The molecule has 1 heterocycles. The first-order valence-electron chi connectivity index (χ1n) is 9.93. The first kappa shape index (κ1) is 21.5. The lowest BCUT2D eigenvalue weighted by Crippen LogP contribution is -2.44. The lowest BCUT2D eigenvalue weighted by molar-refractivity contribution is -0.126. The summed E-state index contributed by atoms with van der Waals surface area (Å²) < 4.78 is 28.6. The minimum atomic E-state index is -2.84. The zero-order valence-corrected chi connectivity index (χ0v) is 16.5. The monoisotopic (exact) mass is 417 g/mol. The van der Waals surface area contributed by atoms with Crippen LogP contribution in [0.3, 0.4) is 0 Å². The first-order valence-corrected chi connectivity index (χ1v) is 9.93. The van der Waals surface area contributed by atoms with E-state index in [-0.39, 0.29) is 23.6 Å². The first-order chi connectivity index (χ1) is 14.5. The number of urea groups is 1. The number of alkyl halides is 2. The van der Waals surface area contributed by atoms with Crippen LogP contribution in [0.2, 0.25) is 0 Å². The van der Waals surface area contributed by atoms with Crippen LogP contribution in [0.25, 0.3) is 0 Å². The van der Waals surface area contributed by atoms with Crippen LogP contribution in [0.4, 0.5) is 19.3 Å². The summed E-state index contributed by atoms with van der Waals surface area (Å²) in [4.78, 5) is 26.4. The van der Waals surface area contributed by atoms with Gasteiger partial charge in [0.15, 0.2) is 0 Å². The van der Waals surface area contributed by atoms with Crippen LogP contribution in [-0.4, -0.2) is 43.1 Å². The van der Waals surface area contributed by atoms with Crippen molar-refractivity contribution < 1.29 is 23.1 Å². The van der Waals surface area contributed by atoms with Crippen LogP contribution in [0.15, 0.2) is 54.6 Å². The molecule has 160 valence electrons. The minimum Gasteiger partial charge on any atom is -0.435 e. The number of rotatable bonds is 7. The molecule has 30 heavy (non-hydrogen) atoms. The highest BCUT2D eigenvalue weighted by atomic mass is 19.3. The summed E-state index contributed by atoms with van der Waals surface area (Å²) in [5.41, 5.74) is 1.67. The molecule has 6 nitrogen and oxygen atoms in total.